The minimum atomic E-state index is -0.701. The van der Waals surface area contributed by atoms with Gasteiger partial charge in [-0.05, 0) is 44.4 Å². The monoisotopic (exact) mass is 287 g/mol. The molecule has 0 heterocycles. The minimum Gasteiger partial charge on any atom is -0.485 e. The van der Waals surface area contributed by atoms with E-state index in [-0.39, 0.29) is 24.5 Å². The molecule has 0 radical (unpaired) electrons. The van der Waals surface area contributed by atoms with Crippen LogP contribution in [0.25, 0.3) is 0 Å². The van der Waals surface area contributed by atoms with Crippen molar-refractivity contribution < 1.29 is 18.3 Å². The van der Waals surface area contributed by atoms with Gasteiger partial charge in [-0.3, -0.25) is 0 Å². The Balaban J connectivity index is 2.64. The van der Waals surface area contributed by atoms with Gasteiger partial charge in [0.05, 0.1) is 12.7 Å². The summed E-state index contributed by atoms with van der Waals surface area (Å²) in [6.45, 7) is 6.10. The molecule has 0 aliphatic rings. The Hall–Kier alpha value is -1.20. The number of hydrogen-bond donors (Lipinski definition) is 1. The molecule has 0 aromatic heterocycles. The molecule has 5 heteroatoms. The Bertz CT molecular complexity index is 401. The summed E-state index contributed by atoms with van der Waals surface area (Å²) in [4.78, 5) is 0. The van der Waals surface area contributed by atoms with E-state index in [1.807, 2.05) is 20.8 Å². The lowest BCUT2D eigenvalue weighted by molar-refractivity contribution is 0.0535. The molecule has 1 aromatic carbocycles. The maximum absolute atomic E-state index is 13.8. The number of nitrogens with two attached hydrogens (primary N) is 1. The Kier molecular flexibility index (Phi) is 6.88. The number of ether oxygens (including phenoxy) is 2. The Morgan fingerprint density at radius 2 is 1.75 bits per heavy atom. The molecule has 1 rings (SSSR count). The quantitative estimate of drug-likeness (QED) is 0.747. The summed E-state index contributed by atoms with van der Waals surface area (Å²) in [6.07, 6.45) is 1.26. The van der Waals surface area contributed by atoms with E-state index in [1.54, 1.807) is 0 Å². The summed E-state index contributed by atoms with van der Waals surface area (Å²) in [7, 11) is 0. The van der Waals surface area contributed by atoms with E-state index < -0.39 is 11.6 Å². The Morgan fingerprint density at radius 3 is 2.25 bits per heavy atom. The molecule has 0 saturated heterocycles. The summed E-state index contributed by atoms with van der Waals surface area (Å²) < 4.78 is 38.0. The van der Waals surface area contributed by atoms with Crippen LogP contribution in [0.1, 0.15) is 32.8 Å². The van der Waals surface area contributed by atoms with Gasteiger partial charge < -0.3 is 15.2 Å². The van der Waals surface area contributed by atoms with Gasteiger partial charge in [-0.2, -0.15) is 0 Å². The van der Waals surface area contributed by atoms with E-state index in [0.717, 1.165) is 6.42 Å². The molecule has 20 heavy (non-hydrogen) atoms. The SMILES string of the molecule is CCC(N)Cc1cc(F)c(OCCOC(C)C)c(F)c1. The van der Waals surface area contributed by atoms with Gasteiger partial charge in [-0.25, -0.2) is 8.78 Å². The zero-order valence-electron chi connectivity index (χ0n) is 12.3. The predicted octanol–water partition coefficient (Wildman–Crippen LogP) is 3.05. The van der Waals surface area contributed by atoms with E-state index in [0.29, 0.717) is 18.6 Å². The van der Waals surface area contributed by atoms with Gasteiger partial charge in [0.2, 0.25) is 0 Å². The van der Waals surface area contributed by atoms with Crippen LogP contribution >= 0.6 is 0 Å². The fourth-order valence-electron chi connectivity index (χ4n) is 1.74. The maximum Gasteiger partial charge on any atom is 0.190 e. The van der Waals surface area contributed by atoms with Crippen molar-refractivity contribution in [1.29, 1.82) is 0 Å². The van der Waals surface area contributed by atoms with Crippen LogP contribution in [0.3, 0.4) is 0 Å². The van der Waals surface area contributed by atoms with Crippen molar-refractivity contribution in [1.82, 2.24) is 0 Å². The molecule has 0 bridgehead atoms. The van der Waals surface area contributed by atoms with E-state index in [4.69, 9.17) is 15.2 Å². The van der Waals surface area contributed by atoms with Gasteiger partial charge in [-0.1, -0.05) is 6.92 Å². The smallest absolute Gasteiger partial charge is 0.190 e. The molecule has 0 aliphatic heterocycles. The summed E-state index contributed by atoms with van der Waals surface area (Å²) in [6, 6.07) is 2.45. The van der Waals surface area contributed by atoms with Crippen molar-refractivity contribution in [3.05, 3.63) is 29.3 Å². The molecule has 3 nitrogen and oxygen atoms in total. The zero-order chi connectivity index (χ0) is 15.1. The third kappa shape index (κ3) is 5.43. The van der Waals surface area contributed by atoms with Gasteiger partial charge >= 0.3 is 0 Å². The highest BCUT2D eigenvalue weighted by molar-refractivity contribution is 5.31. The van der Waals surface area contributed by atoms with E-state index in [1.165, 1.54) is 12.1 Å². The number of benzene rings is 1. The van der Waals surface area contributed by atoms with Crippen molar-refractivity contribution in [2.24, 2.45) is 5.73 Å². The second kappa shape index (κ2) is 8.17. The van der Waals surface area contributed by atoms with Crippen LogP contribution in [0, 0.1) is 11.6 Å². The highest BCUT2D eigenvalue weighted by atomic mass is 19.1. The molecular weight excluding hydrogens is 264 g/mol. The Morgan fingerprint density at radius 1 is 1.15 bits per heavy atom. The van der Waals surface area contributed by atoms with Crippen LogP contribution in [-0.4, -0.2) is 25.4 Å². The predicted molar refractivity (Wildman–Crippen MR) is 74.9 cm³/mol. The summed E-state index contributed by atoms with van der Waals surface area (Å²) in [5, 5.41) is 0. The molecule has 0 aliphatic carbocycles. The lowest BCUT2D eigenvalue weighted by atomic mass is 10.0. The topological polar surface area (TPSA) is 44.5 Å². The second-order valence-corrected chi connectivity index (χ2v) is 5.03. The number of hydrogen-bond acceptors (Lipinski definition) is 3. The van der Waals surface area contributed by atoms with Crippen LogP contribution in [0.5, 0.6) is 5.75 Å². The molecule has 1 aromatic rings. The largest absolute Gasteiger partial charge is 0.485 e. The van der Waals surface area contributed by atoms with E-state index in [2.05, 4.69) is 0 Å². The van der Waals surface area contributed by atoms with Gasteiger partial charge in [0.25, 0.3) is 0 Å². The van der Waals surface area contributed by atoms with Crippen molar-refractivity contribution in [2.75, 3.05) is 13.2 Å². The molecule has 0 amide bonds. The first-order chi connectivity index (χ1) is 9.43. The van der Waals surface area contributed by atoms with E-state index in [9.17, 15) is 8.78 Å². The molecule has 1 unspecified atom stereocenters. The first-order valence-electron chi connectivity index (χ1n) is 6.92. The normalized spacial score (nSPS) is 12.8. The van der Waals surface area contributed by atoms with Crippen molar-refractivity contribution in [3.63, 3.8) is 0 Å². The minimum absolute atomic E-state index is 0.0613. The zero-order valence-corrected chi connectivity index (χ0v) is 12.3. The van der Waals surface area contributed by atoms with Crippen LogP contribution in [0.2, 0.25) is 0 Å². The van der Waals surface area contributed by atoms with Crippen molar-refractivity contribution >= 4 is 0 Å². The first-order valence-corrected chi connectivity index (χ1v) is 6.92. The molecule has 1 atom stereocenters. The molecule has 2 N–H and O–H groups in total. The average molecular weight is 287 g/mol. The van der Waals surface area contributed by atoms with Crippen LogP contribution in [0.15, 0.2) is 12.1 Å². The molecule has 114 valence electrons. The second-order valence-electron chi connectivity index (χ2n) is 5.03. The van der Waals surface area contributed by atoms with Crippen LogP contribution in [0.4, 0.5) is 8.78 Å². The van der Waals surface area contributed by atoms with E-state index >= 15 is 0 Å². The number of rotatable bonds is 8. The molecule has 0 spiro atoms. The van der Waals surface area contributed by atoms with Crippen molar-refractivity contribution in [3.8, 4) is 5.75 Å². The van der Waals surface area contributed by atoms with Gasteiger partial charge in [0, 0.05) is 6.04 Å². The van der Waals surface area contributed by atoms with Gasteiger partial charge in [0.1, 0.15) is 6.61 Å². The summed E-state index contributed by atoms with van der Waals surface area (Å²) in [5.74, 6) is -1.76. The highest BCUT2D eigenvalue weighted by Crippen LogP contribution is 2.24. The standard InChI is InChI=1S/C15H23F2NO2/c1-4-12(18)7-11-8-13(16)15(14(17)9-11)20-6-5-19-10(2)3/h8-10,12H,4-7,18H2,1-3H3. The summed E-state index contributed by atoms with van der Waals surface area (Å²) in [5.41, 5.74) is 6.32. The molecular formula is C15H23F2NO2. The molecule has 0 fully saturated rings. The maximum atomic E-state index is 13.8. The van der Waals surface area contributed by atoms with Crippen LogP contribution in [-0.2, 0) is 11.2 Å². The van der Waals surface area contributed by atoms with Crippen LogP contribution < -0.4 is 10.5 Å². The first kappa shape index (κ1) is 16.9. The fourth-order valence-corrected chi connectivity index (χ4v) is 1.74. The number of halogens is 2. The lowest BCUT2D eigenvalue weighted by Crippen LogP contribution is -2.21. The van der Waals surface area contributed by atoms with Gasteiger partial charge in [0.15, 0.2) is 17.4 Å². The van der Waals surface area contributed by atoms with Crippen molar-refractivity contribution in [2.45, 2.75) is 45.8 Å². The van der Waals surface area contributed by atoms with Gasteiger partial charge in [-0.15, -0.1) is 0 Å². The molecule has 0 saturated carbocycles. The Labute approximate surface area is 119 Å². The lowest BCUT2D eigenvalue weighted by Gasteiger charge is -2.13. The third-order valence-electron chi connectivity index (χ3n) is 2.86. The highest BCUT2D eigenvalue weighted by Gasteiger charge is 2.14. The average Bonchev–Trinajstić information content (AvgIpc) is 2.36. The summed E-state index contributed by atoms with van der Waals surface area (Å²) >= 11 is 0. The fraction of sp³-hybridized carbons (Fsp3) is 0.600. The third-order valence-corrected chi connectivity index (χ3v) is 2.86.